The standard InChI is InChI=1S/C18H27NO/c1-18(20,16-9-5-11-19-13-16)12-15-8-4-7-14-6-2-3-10-17(14)15/h2-3,6,10,15-16,19-20H,4-5,7-9,11-13H2,1H3. The fourth-order valence-corrected chi connectivity index (χ4v) is 4.11. The van der Waals surface area contributed by atoms with Crippen LogP contribution < -0.4 is 5.32 Å². The van der Waals surface area contributed by atoms with Gasteiger partial charge in [0.1, 0.15) is 0 Å². The first-order chi connectivity index (χ1) is 9.67. The first-order valence-electron chi connectivity index (χ1n) is 8.18. The lowest BCUT2D eigenvalue weighted by atomic mass is 9.72. The molecule has 1 heterocycles. The lowest BCUT2D eigenvalue weighted by Crippen LogP contribution is -2.45. The monoisotopic (exact) mass is 273 g/mol. The highest BCUT2D eigenvalue weighted by atomic mass is 16.3. The van der Waals surface area contributed by atoms with Crippen molar-refractivity contribution in [1.29, 1.82) is 0 Å². The fourth-order valence-electron chi connectivity index (χ4n) is 4.11. The maximum atomic E-state index is 11.0. The fraction of sp³-hybridized carbons (Fsp3) is 0.667. The van der Waals surface area contributed by atoms with E-state index in [0.29, 0.717) is 11.8 Å². The molecule has 1 aliphatic heterocycles. The second-order valence-corrected chi connectivity index (χ2v) is 6.89. The molecule has 3 atom stereocenters. The molecule has 0 aromatic heterocycles. The van der Waals surface area contributed by atoms with Gasteiger partial charge in [0, 0.05) is 6.54 Å². The number of benzene rings is 1. The van der Waals surface area contributed by atoms with Gasteiger partial charge in [-0.2, -0.15) is 0 Å². The minimum Gasteiger partial charge on any atom is -0.390 e. The van der Waals surface area contributed by atoms with Gasteiger partial charge in [0.2, 0.25) is 0 Å². The molecule has 0 spiro atoms. The molecule has 1 aromatic rings. The molecule has 0 amide bonds. The molecule has 0 bridgehead atoms. The molecule has 3 unspecified atom stereocenters. The van der Waals surface area contributed by atoms with Crippen molar-refractivity contribution in [1.82, 2.24) is 5.32 Å². The molecule has 2 heteroatoms. The lowest BCUT2D eigenvalue weighted by molar-refractivity contribution is -0.0247. The van der Waals surface area contributed by atoms with E-state index in [1.807, 2.05) is 0 Å². The zero-order chi connectivity index (χ0) is 14.0. The molecule has 1 aromatic carbocycles. The minimum atomic E-state index is -0.539. The summed E-state index contributed by atoms with van der Waals surface area (Å²) < 4.78 is 0. The quantitative estimate of drug-likeness (QED) is 0.886. The second-order valence-electron chi connectivity index (χ2n) is 6.89. The number of fused-ring (bicyclic) bond motifs is 1. The van der Waals surface area contributed by atoms with E-state index < -0.39 is 5.60 Å². The number of hydrogen-bond donors (Lipinski definition) is 2. The van der Waals surface area contributed by atoms with Crippen molar-refractivity contribution in [3.63, 3.8) is 0 Å². The van der Waals surface area contributed by atoms with Crippen LogP contribution in [0.25, 0.3) is 0 Å². The molecule has 2 nitrogen and oxygen atoms in total. The molecule has 1 fully saturated rings. The highest BCUT2D eigenvalue weighted by Gasteiger charge is 2.36. The maximum absolute atomic E-state index is 11.0. The number of piperidine rings is 1. The van der Waals surface area contributed by atoms with Crippen molar-refractivity contribution in [3.05, 3.63) is 35.4 Å². The van der Waals surface area contributed by atoms with Crippen molar-refractivity contribution in [2.24, 2.45) is 5.92 Å². The van der Waals surface area contributed by atoms with Crippen LogP contribution in [0.15, 0.2) is 24.3 Å². The van der Waals surface area contributed by atoms with Gasteiger partial charge in [0.15, 0.2) is 0 Å². The lowest BCUT2D eigenvalue weighted by Gasteiger charge is -2.39. The molecule has 110 valence electrons. The van der Waals surface area contributed by atoms with Crippen molar-refractivity contribution in [2.75, 3.05) is 13.1 Å². The number of nitrogens with one attached hydrogen (secondary N) is 1. The molecule has 2 N–H and O–H groups in total. The van der Waals surface area contributed by atoms with Gasteiger partial charge in [-0.25, -0.2) is 0 Å². The number of rotatable bonds is 3. The van der Waals surface area contributed by atoms with Gasteiger partial charge in [0.05, 0.1) is 5.60 Å². The first kappa shape index (κ1) is 14.1. The van der Waals surface area contributed by atoms with Gasteiger partial charge in [0.25, 0.3) is 0 Å². The number of hydrogen-bond acceptors (Lipinski definition) is 2. The van der Waals surface area contributed by atoms with E-state index in [1.165, 1.54) is 36.8 Å². The predicted molar refractivity (Wildman–Crippen MR) is 83.0 cm³/mol. The molecule has 20 heavy (non-hydrogen) atoms. The zero-order valence-corrected chi connectivity index (χ0v) is 12.6. The van der Waals surface area contributed by atoms with E-state index >= 15 is 0 Å². The van der Waals surface area contributed by atoms with E-state index in [4.69, 9.17) is 0 Å². The van der Waals surface area contributed by atoms with Crippen LogP contribution in [-0.4, -0.2) is 23.8 Å². The Labute approximate surface area is 122 Å². The summed E-state index contributed by atoms with van der Waals surface area (Å²) in [6.07, 6.45) is 6.97. The summed E-state index contributed by atoms with van der Waals surface area (Å²) in [4.78, 5) is 0. The van der Waals surface area contributed by atoms with Crippen LogP contribution in [0.3, 0.4) is 0 Å². The summed E-state index contributed by atoms with van der Waals surface area (Å²) >= 11 is 0. The summed E-state index contributed by atoms with van der Waals surface area (Å²) in [6, 6.07) is 8.82. The van der Waals surface area contributed by atoms with Gasteiger partial charge < -0.3 is 10.4 Å². The Morgan fingerprint density at radius 2 is 2.10 bits per heavy atom. The van der Waals surface area contributed by atoms with E-state index in [1.54, 1.807) is 0 Å². The summed E-state index contributed by atoms with van der Waals surface area (Å²) in [5.41, 5.74) is 2.45. The van der Waals surface area contributed by atoms with Crippen LogP contribution in [0.5, 0.6) is 0 Å². The average molecular weight is 273 g/mol. The Hall–Kier alpha value is -0.860. The minimum absolute atomic E-state index is 0.408. The highest BCUT2D eigenvalue weighted by Crippen LogP contribution is 2.40. The van der Waals surface area contributed by atoms with Gasteiger partial charge in [-0.15, -0.1) is 0 Å². The van der Waals surface area contributed by atoms with Crippen molar-refractivity contribution >= 4 is 0 Å². The summed E-state index contributed by atoms with van der Waals surface area (Å²) in [5, 5.41) is 14.4. The third-order valence-electron chi connectivity index (χ3n) is 5.33. The third kappa shape index (κ3) is 2.91. The molecule has 3 rings (SSSR count). The largest absolute Gasteiger partial charge is 0.390 e. The van der Waals surface area contributed by atoms with Crippen LogP contribution in [0.4, 0.5) is 0 Å². The van der Waals surface area contributed by atoms with Gasteiger partial charge >= 0.3 is 0 Å². The van der Waals surface area contributed by atoms with Crippen LogP contribution in [0.2, 0.25) is 0 Å². The van der Waals surface area contributed by atoms with Crippen molar-refractivity contribution in [3.8, 4) is 0 Å². The molecule has 1 saturated heterocycles. The van der Waals surface area contributed by atoms with E-state index in [0.717, 1.165) is 25.9 Å². The second kappa shape index (κ2) is 5.87. The normalized spacial score (nSPS) is 29.5. The van der Waals surface area contributed by atoms with Crippen molar-refractivity contribution in [2.45, 2.75) is 57.0 Å². The Kier molecular flexibility index (Phi) is 4.13. The molecule has 1 aliphatic carbocycles. The topological polar surface area (TPSA) is 32.3 Å². The molecule has 2 aliphatic rings. The Bertz CT molecular complexity index is 448. The predicted octanol–water partition coefficient (Wildman–Crippen LogP) is 3.25. The van der Waals surface area contributed by atoms with E-state index in [9.17, 15) is 5.11 Å². The zero-order valence-electron chi connectivity index (χ0n) is 12.6. The van der Waals surface area contributed by atoms with E-state index in [2.05, 4.69) is 36.5 Å². The van der Waals surface area contributed by atoms with Crippen LogP contribution in [-0.2, 0) is 6.42 Å². The number of aliphatic hydroxyl groups is 1. The van der Waals surface area contributed by atoms with Crippen molar-refractivity contribution < 1.29 is 5.11 Å². The molecule has 0 radical (unpaired) electrons. The summed E-state index contributed by atoms with van der Waals surface area (Å²) in [6.45, 7) is 4.14. The average Bonchev–Trinajstić information content (AvgIpc) is 2.48. The van der Waals surface area contributed by atoms with Gasteiger partial charge in [-0.05, 0) is 75.0 Å². The Morgan fingerprint density at radius 3 is 2.90 bits per heavy atom. The van der Waals surface area contributed by atoms with Gasteiger partial charge in [-0.1, -0.05) is 24.3 Å². The van der Waals surface area contributed by atoms with Crippen LogP contribution in [0.1, 0.15) is 56.1 Å². The summed E-state index contributed by atoms with van der Waals surface area (Å²) in [5.74, 6) is 0.946. The Balaban J connectivity index is 1.74. The smallest absolute Gasteiger partial charge is 0.0665 e. The maximum Gasteiger partial charge on any atom is 0.0665 e. The van der Waals surface area contributed by atoms with E-state index in [-0.39, 0.29) is 0 Å². The first-order valence-corrected chi connectivity index (χ1v) is 8.18. The Morgan fingerprint density at radius 1 is 1.25 bits per heavy atom. The summed E-state index contributed by atoms with van der Waals surface area (Å²) in [7, 11) is 0. The third-order valence-corrected chi connectivity index (χ3v) is 5.33. The van der Waals surface area contributed by atoms with Crippen LogP contribution >= 0.6 is 0 Å². The van der Waals surface area contributed by atoms with Gasteiger partial charge in [-0.3, -0.25) is 0 Å². The molecular formula is C18H27NO. The highest BCUT2D eigenvalue weighted by molar-refractivity contribution is 5.32. The SMILES string of the molecule is CC(O)(CC1CCCc2ccccc21)C1CCCNC1. The molecule has 0 saturated carbocycles. The van der Waals surface area contributed by atoms with Crippen LogP contribution in [0, 0.1) is 5.92 Å². The number of aryl methyl sites for hydroxylation is 1. The molecular weight excluding hydrogens is 246 g/mol.